The highest BCUT2D eigenvalue weighted by Gasteiger charge is 1.88. The van der Waals surface area contributed by atoms with Crippen LogP contribution in [0, 0.1) is 17.8 Å². The summed E-state index contributed by atoms with van der Waals surface area (Å²) in [6.07, 6.45) is 11.4. The predicted molar refractivity (Wildman–Crippen MR) is 111 cm³/mol. The van der Waals surface area contributed by atoms with Gasteiger partial charge < -0.3 is 0 Å². The van der Waals surface area contributed by atoms with Crippen molar-refractivity contribution in [1.29, 1.82) is 0 Å². The lowest BCUT2D eigenvalue weighted by atomic mass is 10.1. The van der Waals surface area contributed by atoms with E-state index in [2.05, 4.69) is 74.2 Å². The van der Waals surface area contributed by atoms with Crippen molar-refractivity contribution in [1.82, 2.24) is 0 Å². The molecule has 22 heavy (non-hydrogen) atoms. The van der Waals surface area contributed by atoms with Crippen LogP contribution in [-0.2, 0) is 0 Å². The molecule has 0 unspecified atom stereocenters. The minimum Gasteiger partial charge on any atom is -0.104 e. The van der Waals surface area contributed by atoms with Crippen LogP contribution in [0.15, 0.2) is 0 Å². The molecule has 0 heterocycles. The van der Waals surface area contributed by atoms with E-state index < -0.39 is 0 Å². The molecular formula is C22H50. The molecule has 0 heteroatoms. The lowest BCUT2D eigenvalue weighted by Crippen LogP contribution is -1.83. The van der Waals surface area contributed by atoms with Gasteiger partial charge in [0.1, 0.15) is 0 Å². The zero-order chi connectivity index (χ0) is 17.4. The molecule has 0 aliphatic carbocycles. The summed E-state index contributed by atoms with van der Waals surface area (Å²) < 4.78 is 0. The first-order chi connectivity index (χ1) is 10.0. The first-order valence-corrected chi connectivity index (χ1v) is 9.47. The van der Waals surface area contributed by atoms with Gasteiger partial charge in [-0.1, -0.05) is 115 Å². The van der Waals surface area contributed by atoms with Crippen molar-refractivity contribution in [2.24, 2.45) is 5.92 Å². The molecule has 0 N–H and O–H groups in total. The zero-order valence-corrected chi connectivity index (χ0v) is 16.9. The smallest absolute Gasteiger partial charge is 0.00602 e. The Bertz CT molecular complexity index is 152. The van der Waals surface area contributed by atoms with Gasteiger partial charge in [0.05, 0.1) is 0 Å². The van der Waals surface area contributed by atoms with E-state index in [9.17, 15) is 0 Å². The summed E-state index contributed by atoms with van der Waals surface area (Å²) in [5.74, 6) is 6.80. The van der Waals surface area contributed by atoms with Crippen LogP contribution in [0.1, 0.15) is 128 Å². The Balaban J connectivity index is -0.0000000593. The zero-order valence-electron chi connectivity index (χ0n) is 16.9. The molecule has 0 bridgehead atoms. The molecule has 0 aromatic heterocycles. The van der Waals surface area contributed by atoms with Crippen molar-refractivity contribution in [3.63, 3.8) is 0 Å². The SMILES string of the molecule is C.CCC#CCC.CCCC.CCCC.CCCCC(C)C. The van der Waals surface area contributed by atoms with Gasteiger partial charge in [-0.25, -0.2) is 0 Å². The highest BCUT2D eigenvalue weighted by Crippen LogP contribution is 2.04. The summed E-state index contributed by atoms with van der Waals surface area (Å²) in [5.41, 5.74) is 0. The Morgan fingerprint density at radius 1 is 0.591 bits per heavy atom. The lowest BCUT2D eigenvalue weighted by molar-refractivity contribution is 0.550. The molecule has 0 saturated heterocycles. The standard InChI is InChI=1S/C7H16.C6H10.2C4H10.CH4/c1-4-5-6-7(2)3;1-3-5-6-4-2;2*1-3-4-2;/h7H,4-6H2,1-3H3;3-4H2,1-2H3;2*3-4H2,1-2H3;1H4. The van der Waals surface area contributed by atoms with Crippen LogP contribution >= 0.6 is 0 Å². The Hall–Kier alpha value is -0.440. The maximum Gasteiger partial charge on any atom is 0.00602 e. The number of hydrogen-bond acceptors (Lipinski definition) is 0. The fraction of sp³-hybridized carbons (Fsp3) is 0.909. The van der Waals surface area contributed by atoms with E-state index >= 15 is 0 Å². The molecule has 0 aromatic carbocycles. The molecule has 0 radical (unpaired) electrons. The van der Waals surface area contributed by atoms with E-state index in [-0.39, 0.29) is 7.43 Å². The topological polar surface area (TPSA) is 0 Å². The third kappa shape index (κ3) is 92.0. The van der Waals surface area contributed by atoms with Gasteiger partial charge in [0, 0.05) is 12.8 Å². The Labute approximate surface area is 145 Å². The molecule has 0 rings (SSSR count). The van der Waals surface area contributed by atoms with Crippen molar-refractivity contribution < 1.29 is 0 Å². The number of hydrogen-bond donors (Lipinski definition) is 0. The fourth-order valence-corrected chi connectivity index (χ4v) is 0.862. The van der Waals surface area contributed by atoms with Crippen LogP contribution in [-0.4, -0.2) is 0 Å². The van der Waals surface area contributed by atoms with E-state index in [1.165, 1.54) is 44.9 Å². The maximum absolute atomic E-state index is 2.95. The Morgan fingerprint density at radius 2 is 0.909 bits per heavy atom. The molecule has 0 nitrogen and oxygen atoms in total. The van der Waals surface area contributed by atoms with Crippen LogP contribution in [0.5, 0.6) is 0 Å². The summed E-state index contributed by atoms with van der Waals surface area (Å²) in [5, 5.41) is 0. The van der Waals surface area contributed by atoms with Crippen molar-refractivity contribution >= 4 is 0 Å². The minimum atomic E-state index is 0. The third-order valence-electron chi connectivity index (χ3n) is 2.61. The van der Waals surface area contributed by atoms with Crippen molar-refractivity contribution in [3.8, 4) is 11.8 Å². The van der Waals surface area contributed by atoms with Crippen LogP contribution in [0.4, 0.5) is 0 Å². The second-order valence-corrected chi connectivity index (χ2v) is 5.60. The van der Waals surface area contributed by atoms with E-state index in [1.54, 1.807) is 0 Å². The van der Waals surface area contributed by atoms with Crippen LogP contribution in [0.2, 0.25) is 0 Å². The van der Waals surface area contributed by atoms with Gasteiger partial charge in [0.2, 0.25) is 0 Å². The van der Waals surface area contributed by atoms with Gasteiger partial charge in [-0.05, 0) is 5.92 Å². The molecule has 0 aliphatic heterocycles. The van der Waals surface area contributed by atoms with Gasteiger partial charge in [0.15, 0.2) is 0 Å². The average molecular weight is 315 g/mol. The minimum absolute atomic E-state index is 0. The maximum atomic E-state index is 2.95. The summed E-state index contributed by atoms with van der Waals surface area (Å²) >= 11 is 0. The molecule has 0 saturated carbocycles. The Morgan fingerprint density at radius 3 is 1.00 bits per heavy atom. The van der Waals surface area contributed by atoms with E-state index in [0.29, 0.717) is 0 Å². The summed E-state index contributed by atoms with van der Waals surface area (Å²) in [7, 11) is 0. The lowest BCUT2D eigenvalue weighted by Gasteiger charge is -1.98. The van der Waals surface area contributed by atoms with Crippen LogP contribution < -0.4 is 0 Å². The van der Waals surface area contributed by atoms with E-state index in [0.717, 1.165) is 18.8 Å². The fourth-order valence-electron chi connectivity index (χ4n) is 0.862. The molecule has 0 spiro atoms. The van der Waals surface area contributed by atoms with Crippen LogP contribution in [0.3, 0.4) is 0 Å². The van der Waals surface area contributed by atoms with E-state index in [4.69, 9.17) is 0 Å². The normalized spacial score (nSPS) is 7.73. The first-order valence-electron chi connectivity index (χ1n) is 9.47. The monoisotopic (exact) mass is 314 g/mol. The molecular weight excluding hydrogens is 264 g/mol. The molecule has 0 aliphatic rings. The molecule has 138 valence electrons. The number of rotatable bonds is 5. The van der Waals surface area contributed by atoms with Gasteiger partial charge >= 0.3 is 0 Å². The van der Waals surface area contributed by atoms with Gasteiger partial charge in [-0.15, -0.1) is 11.8 Å². The highest BCUT2D eigenvalue weighted by molar-refractivity contribution is 4.96. The third-order valence-corrected chi connectivity index (χ3v) is 2.61. The molecule has 0 aromatic rings. The largest absolute Gasteiger partial charge is 0.104 e. The van der Waals surface area contributed by atoms with Crippen LogP contribution in [0.25, 0.3) is 0 Å². The second kappa shape index (κ2) is 42.8. The van der Waals surface area contributed by atoms with Crippen molar-refractivity contribution in [2.75, 3.05) is 0 Å². The van der Waals surface area contributed by atoms with Gasteiger partial charge in [0.25, 0.3) is 0 Å². The summed E-state index contributed by atoms with van der Waals surface area (Å²) in [6.45, 7) is 19.6. The first kappa shape index (κ1) is 33.2. The molecule has 0 atom stereocenters. The molecule has 0 fully saturated rings. The average Bonchev–Trinajstić information content (AvgIpc) is 2.51. The second-order valence-electron chi connectivity index (χ2n) is 5.60. The summed E-state index contributed by atoms with van der Waals surface area (Å²) in [6, 6.07) is 0. The van der Waals surface area contributed by atoms with Crippen molar-refractivity contribution in [2.45, 2.75) is 128 Å². The van der Waals surface area contributed by atoms with Gasteiger partial charge in [-0.2, -0.15) is 0 Å². The predicted octanol–water partition coefficient (Wildman–Crippen LogP) is 8.89. The summed E-state index contributed by atoms with van der Waals surface area (Å²) in [4.78, 5) is 0. The molecule has 0 amide bonds. The van der Waals surface area contributed by atoms with E-state index in [1.807, 2.05) is 0 Å². The highest BCUT2D eigenvalue weighted by atomic mass is 13.9. The quantitative estimate of drug-likeness (QED) is 0.444. The van der Waals surface area contributed by atoms with Gasteiger partial charge in [-0.3, -0.25) is 0 Å². The van der Waals surface area contributed by atoms with Crippen molar-refractivity contribution in [3.05, 3.63) is 0 Å². The Kier molecular flexibility index (Phi) is 64.6. The number of unbranched alkanes of at least 4 members (excludes halogenated alkanes) is 3.